The van der Waals surface area contributed by atoms with Crippen LogP contribution in [-0.2, 0) is 4.79 Å². The number of hydrogen-bond acceptors (Lipinski definition) is 7. The second kappa shape index (κ2) is 10.0. The molecule has 0 aliphatic carbocycles. The number of pyridine rings is 1. The molecule has 1 aliphatic heterocycles. The average molecular weight is 479 g/mol. The molecule has 3 heterocycles. The number of alkyl halides is 2. The first-order valence-electron chi connectivity index (χ1n) is 11.1. The maximum atomic E-state index is 14.8. The first-order chi connectivity index (χ1) is 16.8. The first-order valence-corrected chi connectivity index (χ1v) is 11.1. The Hall–Kier alpha value is -4.13. The third-order valence-corrected chi connectivity index (χ3v) is 5.58. The predicted octanol–water partition coefficient (Wildman–Crippen LogP) is 4.42. The van der Waals surface area contributed by atoms with E-state index in [1.165, 1.54) is 11.0 Å². The fraction of sp³-hybridized carbons (Fsp3) is 0.320. The molecule has 0 radical (unpaired) electrons. The van der Waals surface area contributed by atoms with Crippen LogP contribution < -0.4 is 10.1 Å². The van der Waals surface area contributed by atoms with Gasteiger partial charge in [0, 0.05) is 36.8 Å². The van der Waals surface area contributed by atoms with E-state index in [1.807, 2.05) is 12.1 Å². The number of rotatable bonds is 6. The Morgan fingerprint density at radius 3 is 2.80 bits per heavy atom. The van der Waals surface area contributed by atoms with Gasteiger partial charge in [-0.1, -0.05) is 13.8 Å². The lowest BCUT2D eigenvalue weighted by molar-refractivity contribution is -0.162. The van der Waals surface area contributed by atoms with Crippen molar-refractivity contribution in [1.82, 2.24) is 19.9 Å². The molecule has 35 heavy (non-hydrogen) atoms. The number of carbonyl (C=O) groups excluding carboxylic acids is 1. The minimum absolute atomic E-state index is 0.0344. The zero-order chi connectivity index (χ0) is 25.0. The Labute approximate surface area is 201 Å². The van der Waals surface area contributed by atoms with Crippen LogP contribution in [0.15, 0.2) is 55.0 Å². The molecule has 1 unspecified atom stereocenters. The summed E-state index contributed by atoms with van der Waals surface area (Å²) in [5.41, 5.74) is 1.97. The lowest BCUT2D eigenvalue weighted by Crippen LogP contribution is -2.56. The van der Waals surface area contributed by atoms with Gasteiger partial charge in [0.05, 0.1) is 29.7 Å². The Bertz CT molecular complexity index is 1250. The zero-order valence-corrected chi connectivity index (χ0v) is 19.3. The number of anilines is 2. The van der Waals surface area contributed by atoms with Crippen molar-refractivity contribution in [2.24, 2.45) is 5.92 Å². The molecular formula is C25H24F2N6O2. The minimum Gasteiger partial charge on any atom is -0.483 e. The summed E-state index contributed by atoms with van der Waals surface area (Å²) in [6, 6.07) is 12.0. The molecule has 0 saturated carbocycles. The molecule has 1 aromatic carbocycles. The van der Waals surface area contributed by atoms with Crippen LogP contribution in [0.4, 0.5) is 20.4 Å². The number of halogens is 2. The molecule has 1 fully saturated rings. The second-order valence-electron chi connectivity index (χ2n) is 8.53. The van der Waals surface area contributed by atoms with E-state index in [1.54, 1.807) is 56.7 Å². The van der Waals surface area contributed by atoms with Crippen molar-refractivity contribution in [3.63, 3.8) is 0 Å². The van der Waals surface area contributed by atoms with Crippen LogP contribution in [0.3, 0.4) is 0 Å². The summed E-state index contributed by atoms with van der Waals surface area (Å²) in [4.78, 5) is 26.0. The van der Waals surface area contributed by atoms with Gasteiger partial charge in [0.2, 0.25) is 11.9 Å². The number of amides is 1. The van der Waals surface area contributed by atoms with Gasteiger partial charge in [-0.3, -0.25) is 9.78 Å². The molecule has 1 N–H and O–H groups in total. The number of carbonyl (C=O) groups is 1. The molecule has 8 nitrogen and oxygen atoms in total. The number of nitriles is 1. The highest BCUT2D eigenvalue weighted by Crippen LogP contribution is 2.34. The van der Waals surface area contributed by atoms with Gasteiger partial charge >= 0.3 is 5.92 Å². The van der Waals surface area contributed by atoms with Crippen molar-refractivity contribution in [3.8, 4) is 23.1 Å². The Kier molecular flexibility index (Phi) is 6.87. The molecule has 1 saturated heterocycles. The van der Waals surface area contributed by atoms with Crippen LogP contribution in [0.2, 0.25) is 0 Å². The van der Waals surface area contributed by atoms with E-state index in [4.69, 9.17) is 4.74 Å². The van der Waals surface area contributed by atoms with Crippen molar-refractivity contribution in [2.45, 2.75) is 32.3 Å². The van der Waals surface area contributed by atoms with Crippen LogP contribution in [0.25, 0.3) is 11.3 Å². The summed E-state index contributed by atoms with van der Waals surface area (Å²) in [5.74, 6) is -3.51. The largest absolute Gasteiger partial charge is 0.483 e. The number of aromatic nitrogens is 3. The van der Waals surface area contributed by atoms with Crippen LogP contribution >= 0.6 is 0 Å². The molecular weight excluding hydrogens is 454 g/mol. The molecule has 1 amide bonds. The second-order valence-corrected chi connectivity index (χ2v) is 8.53. The Balaban J connectivity index is 1.51. The fourth-order valence-electron chi connectivity index (χ4n) is 3.80. The highest BCUT2D eigenvalue weighted by Gasteiger charge is 2.48. The van der Waals surface area contributed by atoms with E-state index < -0.39 is 18.6 Å². The summed E-state index contributed by atoms with van der Waals surface area (Å²) >= 11 is 0. The minimum atomic E-state index is -3.24. The normalized spacial score (nSPS) is 17.0. The molecule has 4 rings (SSSR count). The average Bonchev–Trinajstić information content (AvgIpc) is 2.85. The standard InChI is InChI=1S/C25H24F2N6O2/c1-16(2)23(34)33-11-8-22(25(26,27)15-33)35-21-6-5-17(12-18(21)13-28)20-7-10-30-24(32-20)31-19-4-3-9-29-14-19/h3-7,9-10,12,14,16,22H,8,11,15H2,1-2H3,(H,30,31,32). The van der Waals surface area contributed by atoms with E-state index in [0.29, 0.717) is 22.9 Å². The number of likely N-dealkylation sites (tertiary alicyclic amines) is 1. The van der Waals surface area contributed by atoms with Crippen LogP contribution in [0.1, 0.15) is 25.8 Å². The molecule has 2 aromatic heterocycles. The Morgan fingerprint density at radius 2 is 2.11 bits per heavy atom. The maximum Gasteiger partial charge on any atom is 0.301 e. The van der Waals surface area contributed by atoms with E-state index >= 15 is 0 Å². The quantitative estimate of drug-likeness (QED) is 0.559. The maximum absolute atomic E-state index is 14.8. The van der Waals surface area contributed by atoms with Crippen molar-refractivity contribution >= 4 is 17.5 Å². The zero-order valence-electron chi connectivity index (χ0n) is 19.3. The van der Waals surface area contributed by atoms with Gasteiger partial charge in [-0.25, -0.2) is 18.7 Å². The third-order valence-electron chi connectivity index (χ3n) is 5.58. The number of nitrogens with one attached hydrogen (secondary N) is 1. The number of nitrogens with zero attached hydrogens (tertiary/aromatic N) is 5. The van der Waals surface area contributed by atoms with Gasteiger partial charge in [-0.2, -0.15) is 5.26 Å². The summed E-state index contributed by atoms with van der Waals surface area (Å²) in [5, 5.41) is 12.7. The monoisotopic (exact) mass is 478 g/mol. The topological polar surface area (TPSA) is 104 Å². The molecule has 10 heteroatoms. The first kappa shape index (κ1) is 24.0. The molecule has 1 atom stereocenters. The molecule has 0 bridgehead atoms. The number of benzene rings is 1. The smallest absolute Gasteiger partial charge is 0.301 e. The van der Waals surface area contributed by atoms with Gasteiger partial charge in [-0.05, 0) is 36.4 Å². The summed E-state index contributed by atoms with van der Waals surface area (Å²) < 4.78 is 35.2. The van der Waals surface area contributed by atoms with E-state index in [9.17, 15) is 18.8 Å². The highest BCUT2D eigenvalue weighted by atomic mass is 19.3. The fourth-order valence-corrected chi connectivity index (χ4v) is 3.80. The van der Waals surface area contributed by atoms with Crippen molar-refractivity contribution < 1.29 is 18.3 Å². The van der Waals surface area contributed by atoms with Gasteiger partial charge in [0.15, 0.2) is 6.10 Å². The van der Waals surface area contributed by atoms with E-state index in [0.717, 1.165) is 0 Å². The SMILES string of the molecule is CC(C)C(=O)N1CCC(Oc2ccc(-c3ccnc(Nc4cccnc4)n3)cc2C#N)C(F)(F)C1. The molecule has 3 aromatic rings. The van der Waals surface area contributed by atoms with Crippen LogP contribution in [-0.4, -0.2) is 50.9 Å². The summed E-state index contributed by atoms with van der Waals surface area (Å²) in [7, 11) is 0. The Morgan fingerprint density at radius 1 is 1.29 bits per heavy atom. The predicted molar refractivity (Wildman–Crippen MR) is 125 cm³/mol. The number of hydrogen-bond donors (Lipinski definition) is 1. The lowest BCUT2D eigenvalue weighted by Gasteiger charge is -2.38. The number of ether oxygens (including phenoxy) is 1. The van der Waals surface area contributed by atoms with Crippen LogP contribution in [0.5, 0.6) is 5.75 Å². The highest BCUT2D eigenvalue weighted by molar-refractivity contribution is 5.78. The van der Waals surface area contributed by atoms with Gasteiger partial charge < -0.3 is 15.0 Å². The van der Waals surface area contributed by atoms with Crippen LogP contribution in [0, 0.1) is 17.2 Å². The summed E-state index contributed by atoms with van der Waals surface area (Å²) in [6.45, 7) is 2.83. The van der Waals surface area contributed by atoms with Crippen molar-refractivity contribution in [3.05, 3.63) is 60.6 Å². The van der Waals surface area contributed by atoms with Crippen molar-refractivity contribution in [2.75, 3.05) is 18.4 Å². The van der Waals surface area contributed by atoms with E-state index in [-0.39, 0.29) is 36.1 Å². The van der Waals surface area contributed by atoms with Gasteiger partial charge in [0.1, 0.15) is 11.8 Å². The van der Waals surface area contributed by atoms with E-state index in [2.05, 4.69) is 20.3 Å². The van der Waals surface area contributed by atoms with Gasteiger partial charge in [0.25, 0.3) is 0 Å². The molecule has 0 spiro atoms. The number of piperidine rings is 1. The molecule has 180 valence electrons. The van der Waals surface area contributed by atoms with Crippen molar-refractivity contribution in [1.29, 1.82) is 5.26 Å². The lowest BCUT2D eigenvalue weighted by atomic mass is 10.0. The third kappa shape index (κ3) is 5.51. The summed E-state index contributed by atoms with van der Waals surface area (Å²) in [6.07, 6.45) is 3.39. The van der Waals surface area contributed by atoms with Gasteiger partial charge in [-0.15, -0.1) is 0 Å². The molecule has 1 aliphatic rings.